The summed E-state index contributed by atoms with van der Waals surface area (Å²) < 4.78 is 0. The Morgan fingerprint density at radius 3 is 2.50 bits per heavy atom. The lowest BCUT2D eigenvalue weighted by molar-refractivity contribution is 0.640. The van der Waals surface area contributed by atoms with E-state index in [1.165, 1.54) is 29.6 Å². The van der Waals surface area contributed by atoms with Gasteiger partial charge in [0.1, 0.15) is 0 Å². The lowest BCUT2D eigenvalue weighted by Crippen LogP contribution is -2.15. The molecule has 0 rings (SSSR count). The van der Waals surface area contributed by atoms with Crippen LogP contribution in [0.1, 0.15) is 47.0 Å². The van der Waals surface area contributed by atoms with Crippen LogP contribution in [0.25, 0.3) is 0 Å². The summed E-state index contributed by atoms with van der Waals surface area (Å²) >= 11 is 0. The summed E-state index contributed by atoms with van der Waals surface area (Å²) in [6, 6.07) is 0. The molecule has 0 aliphatic heterocycles. The molecule has 0 heterocycles. The molecule has 16 heavy (non-hydrogen) atoms. The zero-order chi connectivity index (χ0) is 12.4. The molecule has 0 fully saturated rings. The number of nitrogens with one attached hydrogen (secondary N) is 1. The van der Waals surface area contributed by atoms with Crippen molar-refractivity contribution < 1.29 is 0 Å². The molecule has 0 unspecified atom stereocenters. The lowest BCUT2D eigenvalue weighted by atomic mass is 10.0. The average molecular weight is 221 g/mol. The minimum Gasteiger partial charge on any atom is -0.317 e. The van der Waals surface area contributed by atoms with Gasteiger partial charge in [0.05, 0.1) is 0 Å². The standard InChI is InChI=1S/C15H27N/c1-6-10-16-11-8-9-14(4)15(5)12-13(3)7-2/h7,12,16H,4,6,8-11H2,1-3,5H3/b13-7-,15-12-. The molecule has 0 atom stereocenters. The Balaban J connectivity index is 3.84. The Kier molecular flexibility index (Phi) is 8.93. The third-order valence-corrected chi connectivity index (χ3v) is 2.72. The van der Waals surface area contributed by atoms with Gasteiger partial charge in [0.2, 0.25) is 0 Å². The van der Waals surface area contributed by atoms with E-state index >= 15 is 0 Å². The third kappa shape index (κ3) is 7.47. The molecule has 0 aliphatic rings. The van der Waals surface area contributed by atoms with Crippen molar-refractivity contribution in [2.24, 2.45) is 0 Å². The first kappa shape index (κ1) is 15.2. The highest BCUT2D eigenvalue weighted by molar-refractivity contribution is 5.33. The molecule has 1 N–H and O–H groups in total. The Hall–Kier alpha value is -0.820. The van der Waals surface area contributed by atoms with Crippen molar-refractivity contribution in [3.63, 3.8) is 0 Å². The van der Waals surface area contributed by atoms with Gasteiger partial charge in [0.25, 0.3) is 0 Å². The maximum absolute atomic E-state index is 4.14. The first-order chi connectivity index (χ1) is 7.61. The number of allylic oxidation sites excluding steroid dienone is 5. The molecule has 0 aliphatic carbocycles. The van der Waals surface area contributed by atoms with Gasteiger partial charge in [0.15, 0.2) is 0 Å². The van der Waals surface area contributed by atoms with Gasteiger partial charge in [-0.15, -0.1) is 0 Å². The van der Waals surface area contributed by atoms with Crippen molar-refractivity contribution in [1.82, 2.24) is 5.32 Å². The summed E-state index contributed by atoms with van der Waals surface area (Å²) in [4.78, 5) is 0. The summed E-state index contributed by atoms with van der Waals surface area (Å²) in [5.74, 6) is 0. The van der Waals surface area contributed by atoms with E-state index in [1.54, 1.807) is 0 Å². The smallest absolute Gasteiger partial charge is 0.00458 e. The van der Waals surface area contributed by atoms with Gasteiger partial charge in [-0.3, -0.25) is 0 Å². The zero-order valence-electron chi connectivity index (χ0n) is 11.4. The second kappa shape index (κ2) is 9.41. The quantitative estimate of drug-likeness (QED) is 0.477. The molecule has 92 valence electrons. The summed E-state index contributed by atoms with van der Waals surface area (Å²) in [6.07, 6.45) is 7.82. The average Bonchev–Trinajstić information content (AvgIpc) is 2.28. The second-order valence-electron chi connectivity index (χ2n) is 4.32. The summed E-state index contributed by atoms with van der Waals surface area (Å²) in [6.45, 7) is 14.9. The molecule has 0 amide bonds. The van der Waals surface area contributed by atoms with Crippen LogP contribution in [0.15, 0.2) is 35.5 Å². The van der Waals surface area contributed by atoms with Crippen LogP contribution in [0.4, 0.5) is 0 Å². The van der Waals surface area contributed by atoms with Crippen molar-refractivity contribution in [3.05, 3.63) is 35.5 Å². The number of hydrogen-bond donors (Lipinski definition) is 1. The molecule has 0 aromatic heterocycles. The predicted molar refractivity (Wildman–Crippen MR) is 74.7 cm³/mol. The fourth-order valence-corrected chi connectivity index (χ4v) is 1.45. The van der Waals surface area contributed by atoms with Crippen molar-refractivity contribution >= 4 is 0 Å². The highest BCUT2D eigenvalue weighted by Crippen LogP contribution is 2.15. The van der Waals surface area contributed by atoms with Crippen LogP contribution in [-0.4, -0.2) is 13.1 Å². The fraction of sp³-hybridized carbons (Fsp3) is 0.600. The third-order valence-electron chi connectivity index (χ3n) is 2.72. The maximum atomic E-state index is 4.14. The molecule has 0 saturated carbocycles. The van der Waals surface area contributed by atoms with Crippen LogP contribution in [-0.2, 0) is 0 Å². The molecule has 0 radical (unpaired) electrons. The summed E-state index contributed by atoms with van der Waals surface area (Å²) in [5, 5.41) is 3.41. The summed E-state index contributed by atoms with van der Waals surface area (Å²) in [5.41, 5.74) is 3.88. The predicted octanol–water partition coefficient (Wildman–Crippen LogP) is 4.23. The van der Waals surface area contributed by atoms with Crippen LogP contribution >= 0.6 is 0 Å². The molecule has 0 aromatic carbocycles. The summed E-state index contributed by atoms with van der Waals surface area (Å²) in [7, 11) is 0. The Morgan fingerprint density at radius 2 is 1.94 bits per heavy atom. The SMILES string of the molecule is C=C(CCCNCCC)/C(C)=C\C(C)=C/C. The first-order valence-electron chi connectivity index (χ1n) is 6.31. The highest BCUT2D eigenvalue weighted by Gasteiger charge is 1.97. The molecular formula is C15H27N. The highest BCUT2D eigenvalue weighted by atomic mass is 14.8. The van der Waals surface area contributed by atoms with Crippen molar-refractivity contribution in [3.8, 4) is 0 Å². The van der Waals surface area contributed by atoms with Crippen LogP contribution in [0.2, 0.25) is 0 Å². The normalized spacial score (nSPS) is 13.0. The van der Waals surface area contributed by atoms with Crippen LogP contribution < -0.4 is 5.32 Å². The zero-order valence-corrected chi connectivity index (χ0v) is 11.4. The fourth-order valence-electron chi connectivity index (χ4n) is 1.45. The largest absolute Gasteiger partial charge is 0.317 e. The first-order valence-corrected chi connectivity index (χ1v) is 6.31. The van der Waals surface area contributed by atoms with Gasteiger partial charge in [-0.25, -0.2) is 0 Å². The van der Waals surface area contributed by atoms with E-state index in [-0.39, 0.29) is 0 Å². The molecular weight excluding hydrogens is 194 g/mol. The number of hydrogen-bond acceptors (Lipinski definition) is 1. The second-order valence-corrected chi connectivity index (χ2v) is 4.32. The van der Waals surface area contributed by atoms with Crippen LogP contribution in [0.5, 0.6) is 0 Å². The minimum atomic E-state index is 1.09. The van der Waals surface area contributed by atoms with Gasteiger partial charge in [-0.1, -0.05) is 36.8 Å². The maximum Gasteiger partial charge on any atom is -0.00458 e. The van der Waals surface area contributed by atoms with E-state index in [2.05, 4.69) is 51.7 Å². The van der Waals surface area contributed by atoms with E-state index in [1.807, 2.05) is 0 Å². The number of rotatable bonds is 8. The van der Waals surface area contributed by atoms with Gasteiger partial charge >= 0.3 is 0 Å². The lowest BCUT2D eigenvalue weighted by Gasteiger charge is -2.07. The van der Waals surface area contributed by atoms with Gasteiger partial charge in [-0.2, -0.15) is 0 Å². The van der Waals surface area contributed by atoms with Crippen molar-refractivity contribution in [2.75, 3.05) is 13.1 Å². The van der Waals surface area contributed by atoms with Gasteiger partial charge in [-0.05, 0) is 58.7 Å². The monoisotopic (exact) mass is 221 g/mol. The Bertz CT molecular complexity index is 259. The molecule has 1 nitrogen and oxygen atoms in total. The van der Waals surface area contributed by atoms with E-state index in [4.69, 9.17) is 0 Å². The van der Waals surface area contributed by atoms with Gasteiger partial charge in [0, 0.05) is 0 Å². The molecule has 1 heteroatoms. The molecule has 0 saturated heterocycles. The van der Waals surface area contributed by atoms with Crippen LogP contribution in [0, 0.1) is 0 Å². The van der Waals surface area contributed by atoms with Gasteiger partial charge < -0.3 is 5.32 Å². The molecule has 0 spiro atoms. The van der Waals surface area contributed by atoms with E-state index in [9.17, 15) is 0 Å². The topological polar surface area (TPSA) is 12.0 Å². The minimum absolute atomic E-state index is 1.09. The van der Waals surface area contributed by atoms with Crippen molar-refractivity contribution in [1.29, 1.82) is 0 Å². The van der Waals surface area contributed by atoms with E-state index < -0.39 is 0 Å². The Labute approximate surface area is 101 Å². The Morgan fingerprint density at radius 1 is 1.25 bits per heavy atom. The van der Waals surface area contributed by atoms with Crippen molar-refractivity contribution in [2.45, 2.75) is 47.0 Å². The van der Waals surface area contributed by atoms with E-state index in [0.29, 0.717) is 0 Å². The molecule has 0 aromatic rings. The van der Waals surface area contributed by atoms with Crippen LogP contribution in [0.3, 0.4) is 0 Å². The van der Waals surface area contributed by atoms with E-state index in [0.717, 1.165) is 19.5 Å². The molecule has 0 bridgehead atoms.